The van der Waals surface area contributed by atoms with Gasteiger partial charge >= 0.3 is 17.8 Å². The van der Waals surface area contributed by atoms with E-state index in [1.54, 1.807) is 24.3 Å². The largest absolute Gasteiger partial charge is 0.465 e. The van der Waals surface area contributed by atoms with E-state index in [0.29, 0.717) is 5.69 Å². The van der Waals surface area contributed by atoms with Crippen LogP contribution in [0.15, 0.2) is 66.7 Å². The van der Waals surface area contributed by atoms with Crippen molar-refractivity contribution in [1.29, 1.82) is 0 Å². The maximum Gasteiger partial charge on any atom is 0.339 e. The molecule has 6 heteroatoms. The summed E-state index contributed by atoms with van der Waals surface area (Å²) < 4.78 is 4.67. The van der Waals surface area contributed by atoms with Crippen LogP contribution in [0.25, 0.3) is 10.8 Å². The Bertz CT molecular complexity index is 993. The van der Waals surface area contributed by atoms with Crippen molar-refractivity contribution in [2.75, 3.05) is 17.7 Å². The van der Waals surface area contributed by atoms with E-state index >= 15 is 0 Å². The second kappa shape index (κ2) is 7.48. The van der Waals surface area contributed by atoms with Gasteiger partial charge in [0.1, 0.15) is 0 Å². The van der Waals surface area contributed by atoms with E-state index in [1.165, 1.54) is 19.2 Å². The SMILES string of the molecule is COC(=O)c1ccccc1NC(=O)C(=O)Nc1cccc2ccccc12. The highest BCUT2D eigenvalue weighted by Gasteiger charge is 2.18. The molecule has 0 bridgehead atoms. The van der Waals surface area contributed by atoms with Crippen molar-refractivity contribution in [3.63, 3.8) is 0 Å². The Morgan fingerprint density at radius 2 is 1.31 bits per heavy atom. The highest BCUT2D eigenvalue weighted by atomic mass is 16.5. The molecule has 0 heterocycles. The monoisotopic (exact) mass is 348 g/mol. The first kappa shape index (κ1) is 17.2. The molecule has 0 saturated carbocycles. The quantitative estimate of drug-likeness (QED) is 0.562. The highest BCUT2D eigenvalue weighted by molar-refractivity contribution is 6.44. The van der Waals surface area contributed by atoms with Gasteiger partial charge in [-0.05, 0) is 23.6 Å². The number of ether oxygens (including phenoxy) is 1. The molecule has 0 aromatic heterocycles. The van der Waals surface area contributed by atoms with Crippen molar-refractivity contribution in [3.05, 3.63) is 72.3 Å². The summed E-state index contributed by atoms with van der Waals surface area (Å²) in [6, 6.07) is 19.3. The molecule has 0 aliphatic rings. The van der Waals surface area contributed by atoms with E-state index < -0.39 is 17.8 Å². The van der Waals surface area contributed by atoms with Crippen LogP contribution in [0.2, 0.25) is 0 Å². The summed E-state index contributed by atoms with van der Waals surface area (Å²) >= 11 is 0. The maximum atomic E-state index is 12.3. The summed E-state index contributed by atoms with van der Waals surface area (Å²) in [4.78, 5) is 36.3. The lowest BCUT2D eigenvalue weighted by Gasteiger charge is -2.11. The third-order valence-electron chi connectivity index (χ3n) is 3.82. The van der Waals surface area contributed by atoms with Crippen molar-refractivity contribution in [3.8, 4) is 0 Å². The minimum absolute atomic E-state index is 0.168. The van der Waals surface area contributed by atoms with Crippen LogP contribution >= 0.6 is 0 Å². The van der Waals surface area contributed by atoms with Gasteiger partial charge in [-0.3, -0.25) is 9.59 Å². The normalized spacial score (nSPS) is 10.2. The number of rotatable bonds is 3. The number of hydrogen-bond acceptors (Lipinski definition) is 4. The Morgan fingerprint density at radius 3 is 2.08 bits per heavy atom. The third-order valence-corrected chi connectivity index (χ3v) is 3.82. The van der Waals surface area contributed by atoms with Gasteiger partial charge < -0.3 is 15.4 Å². The van der Waals surface area contributed by atoms with Crippen LogP contribution in [0.3, 0.4) is 0 Å². The summed E-state index contributed by atoms with van der Waals surface area (Å²) in [5, 5.41) is 6.81. The molecule has 0 aliphatic heterocycles. The topological polar surface area (TPSA) is 84.5 Å². The van der Waals surface area contributed by atoms with Crippen LogP contribution in [0.4, 0.5) is 11.4 Å². The van der Waals surface area contributed by atoms with Crippen molar-refractivity contribution < 1.29 is 19.1 Å². The van der Waals surface area contributed by atoms with Gasteiger partial charge in [0.15, 0.2) is 0 Å². The maximum absolute atomic E-state index is 12.3. The number of benzene rings is 3. The molecule has 6 nitrogen and oxygen atoms in total. The number of anilines is 2. The van der Waals surface area contributed by atoms with Crippen LogP contribution in [0.5, 0.6) is 0 Å². The molecule has 130 valence electrons. The van der Waals surface area contributed by atoms with Gasteiger partial charge in [-0.1, -0.05) is 48.5 Å². The number of esters is 1. The molecule has 3 aromatic rings. The number of hydrogen-bond donors (Lipinski definition) is 2. The molecule has 3 rings (SSSR count). The van der Waals surface area contributed by atoms with Crippen LogP contribution in [-0.4, -0.2) is 24.9 Å². The minimum Gasteiger partial charge on any atom is -0.465 e. The van der Waals surface area contributed by atoms with E-state index in [0.717, 1.165) is 10.8 Å². The molecule has 0 saturated heterocycles. The van der Waals surface area contributed by atoms with Gasteiger partial charge in [0.05, 0.1) is 18.4 Å². The minimum atomic E-state index is -0.880. The Kier molecular flexibility index (Phi) is 4.94. The fourth-order valence-corrected chi connectivity index (χ4v) is 2.57. The Labute approximate surface area is 149 Å². The van der Waals surface area contributed by atoms with Crippen molar-refractivity contribution in [2.45, 2.75) is 0 Å². The Hall–Kier alpha value is -3.67. The molecular formula is C20H16N2O4. The second-order valence-electron chi connectivity index (χ2n) is 5.47. The Morgan fingerprint density at radius 1 is 0.731 bits per heavy atom. The summed E-state index contributed by atoms with van der Waals surface area (Å²) in [6.07, 6.45) is 0. The predicted molar refractivity (Wildman–Crippen MR) is 99.0 cm³/mol. The predicted octanol–water partition coefficient (Wildman–Crippen LogP) is 3.20. The van der Waals surface area contributed by atoms with Gasteiger partial charge in [-0.2, -0.15) is 0 Å². The first-order valence-corrected chi connectivity index (χ1v) is 7.87. The van der Waals surface area contributed by atoms with Crippen LogP contribution in [-0.2, 0) is 14.3 Å². The van der Waals surface area contributed by atoms with E-state index in [1.807, 2.05) is 30.3 Å². The summed E-state index contributed by atoms with van der Waals surface area (Å²) in [6.45, 7) is 0. The molecule has 0 atom stereocenters. The lowest BCUT2D eigenvalue weighted by molar-refractivity contribution is -0.132. The summed E-state index contributed by atoms with van der Waals surface area (Å²) in [5.41, 5.74) is 0.906. The lowest BCUT2D eigenvalue weighted by atomic mass is 10.1. The molecule has 2 N–H and O–H groups in total. The summed E-state index contributed by atoms with van der Waals surface area (Å²) in [5.74, 6) is -2.31. The number of fused-ring (bicyclic) bond motifs is 1. The molecule has 0 radical (unpaired) electrons. The first-order valence-electron chi connectivity index (χ1n) is 7.87. The fraction of sp³-hybridized carbons (Fsp3) is 0.0500. The van der Waals surface area contributed by atoms with E-state index in [9.17, 15) is 14.4 Å². The zero-order chi connectivity index (χ0) is 18.5. The zero-order valence-corrected chi connectivity index (χ0v) is 14.0. The number of amides is 2. The van der Waals surface area contributed by atoms with Gasteiger partial charge in [0, 0.05) is 11.1 Å². The van der Waals surface area contributed by atoms with Crippen LogP contribution < -0.4 is 10.6 Å². The standard InChI is InChI=1S/C20H16N2O4/c1-26-20(25)15-10-4-5-11-17(15)22-19(24)18(23)21-16-12-6-8-13-7-2-3-9-14(13)16/h2-12H,1H3,(H,21,23)(H,22,24). The van der Waals surface area contributed by atoms with Crippen molar-refractivity contribution in [1.82, 2.24) is 0 Å². The smallest absolute Gasteiger partial charge is 0.339 e. The van der Waals surface area contributed by atoms with Crippen molar-refractivity contribution >= 4 is 39.9 Å². The molecule has 2 amide bonds. The lowest BCUT2D eigenvalue weighted by Crippen LogP contribution is -2.29. The fourth-order valence-electron chi connectivity index (χ4n) is 2.57. The van der Waals surface area contributed by atoms with Crippen LogP contribution in [0.1, 0.15) is 10.4 Å². The Balaban J connectivity index is 1.79. The van der Waals surface area contributed by atoms with E-state index in [4.69, 9.17) is 0 Å². The molecule has 0 aliphatic carbocycles. The highest BCUT2D eigenvalue weighted by Crippen LogP contribution is 2.23. The second-order valence-corrected chi connectivity index (χ2v) is 5.47. The van der Waals surface area contributed by atoms with Crippen LogP contribution in [0, 0.1) is 0 Å². The molecule has 26 heavy (non-hydrogen) atoms. The third kappa shape index (κ3) is 3.54. The van der Waals surface area contributed by atoms with Gasteiger partial charge in [-0.25, -0.2) is 4.79 Å². The van der Waals surface area contributed by atoms with Gasteiger partial charge in [0.2, 0.25) is 0 Å². The van der Waals surface area contributed by atoms with E-state index in [2.05, 4.69) is 15.4 Å². The molecular weight excluding hydrogens is 332 g/mol. The molecule has 3 aromatic carbocycles. The molecule has 0 unspecified atom stereocenters. The van der Waals surface area contributed by atoms with Crippen molar-refractivity contribution in [2.24, 2.45) is 0 Å². The summed E-state index contributed by atoms with van der Waals surface area (Å²) in [7, 11) is 1.24. The number of methoxy groups -OCH3 is 1. The average Bonchev–Trinajstić information content (AvgIpc) is 2.68. The first-order chi connectivity index (χ1) is 12.6. The number of para-hydroxylation sites is 1. The number of nitrogens with one attached hydrogen (secondary N) is 2. The number of carbonyl (C=O) groups excluding carboxylic acids is 3. The number of carbonyl (C=O) groups is 3. The average molecular weight is 348 g/mol. The van der Waals surface area contributed by atoms with E-state index in [-0.39, 0.29) is 11.3 Å². The van der Waals surface area contributed by atoms with Gasteiger partial charge in [-0.15, -0.1) is 0 Å². The molecule has 0 spiro atoms. The van der Waals surface area contributed by atoms with Gasteiger partial charge in [0.25, 0.3) is 0 Å². The molecule has 0 fully saturated rings. The zero-order valence-electron chi connectivity index (χ0n) is 14.0.